The van der Waals surface area contributed by atoms with Gasteiger partial charge in [-0.2, -0.15) is 0 Å². The number of carbonyl (C=O) groups is 1. The number of carbonyl (C=O) groups excluding carboxylic acids is 1. The molecule has 0 unspecified atom stereocenters. The molecule has 0 radical (unpaired) electrons. The van der Waals surface area contributed by atoms with E-state index in [4.69, 9.17) is 27.9 Å². The lowest BCUT2D eigenvalue weighted by Gasteiger charge is -2.13. The second-order valence-electron chi connectivity index (χ2n) is 5.23. The van der Waals surface area contributed by atoms with E-state index in [9.17, 15) is 13.2 Å². The molecule has 2 aromatic rings. The third-order valence-corrected chi connectivity index (χ3v) is 5.65. The van der Waals surface area contributed by atoms with Crippen LogP contribution in [0.2, 0.25) is 10.0 Å². The first kappa shape index (κ1) is 18.7. The highest BCUT2D eigenvalue weighted by Gasteiger charge is 2.22. The maximum atomic E-state index is 12.4. The fourth-order valence-electron chi connectivity index (χ4n) is 1.91. The van der Waals surface area contributed by atoms with E-state index in [1.807, 2.05) is 0 Å². The number of benzene rings is 2. The van der Waals surface area contributed by atoms with Crippen molar-refractivity contribution in [3.05, 3.63) is 57.6 Å². The molecular weight excluding hydrogens is 373 g/mol. The van der Waals surface area contributed by atoms with E-state index in [-0.39, 0.29) is 15.5 Å². The Hall–Kier alpha value is -1.60. The number of hydrogen-bond donors (Lipinski definition) is 0. The first-order valence-corrected chi connectivity index (χ1v) is 9.03. The minimum atomic E-state index is -3.69. The summed E-state index contributed by atoms with van der Waals surface area (Å²) in [5.41, 5.74) is 0.637. The second-order valence-corrected chi connectivity index (χ2v) is 8.22. The van der Waals surface area contributed by atoms with Crippen molar-refractivity contribution in [2.45, 2.75) is 11.8 Å². The smallest absolute Gasteiger partial charge is 0.345 e. The number of esters is 1. The SMILES string of the molecule is Cc1cc(Cl)ccc1OC(=O)c1cc(S(=O)(=O)N(C)C)ccc1Cl. The molecule has 128 valence electrons. The maximum absolute atomic E-state index is 12.4. The van der Waals surface area contributed by atoms with Crippen LogP contribution in [0.1, 0.15) is 15.9 Å². The van der Waals surface area contributed by atoms with Gasteiger partial charge >= 0.3 is 5.97 Å². The number of aryl methyl sites for hydroxylation is 1. The largest absolute Gasteiger partial charge is 0.423 e. The van der Waals surface area contributed by atoms with Crippen molar-refractivity contribution in [2.75, 3.05) is 14.1 Å². The van der Waals surface area contributed by atoms with Crippen molar-refractivity contribution >= 4 is 39.2 Å². The van der Waals surface area contributed by atoms with E-state index in [1.54, 1.807) is 25.1 Å². The Bertz CT molecular complexity index is 895. The summed E-state index contributed by atoms with van der Waals surface area (Å²) in [6.07, 6.45) is 0. The molecular formula is C16H15Cl2NO4S. The molecule has 0 N–H and O–H groups in total. The number of ether oxygens (including phenoxy) is 1. The third-order valence-electron chi connectivity index (χ3n) is 3.28. The Morgan fingerprint density at radius 1 is 1.08 bits per heavy atom. The second kappa shape index (κ2) is 7.11. The summed E-state index contributed by atoms with van der Waals surface area (Å²) in [7, 11) is -0.883. The molecule has 0 aliphatic rings. The van der Waals surface area contributed by atoms with Gasteiger partial charge in [0.05, 0.1) is 15.5 Å². The molecule has 0 bridgehead atoms. The van der Waals surface area contributed by atoms with Crippen LogP contribution in [0, 0.1) is 6.92 Å². The number of nitrogens with zero attached hydrogens (tertiary/aromatic N) is 1. The van der Waals surface area contributed by atoms with Crippen molar-refractivity contribution in [1.29, 1.82) is 0 Å². The molecule has 0 heterocycles. The molecule has 5 nitrogen and oxygen atoms in total. The monoisotopic (exact) mass is 387 g/mol. The highest BCUT2D eigenvalue weighted by molar-refractivity contribution is 7.89. The van der Waals surface area contributed by atoms with E-state index in [0.717, 1.165) is 4.31 Å². The first-order chi connectivity index (χ1) is 11.1. The third kappa shape index (κ3) is 3.89. The topological polar surface area (TPSA) is 63.7 Å². The summed E-state index contributed by atoms with van der Waals surface area (Å²) in [6, 6.07) is 8.69. The average Bonchev–Trinajstić information content (AvgIpc) is 2.50. The standard InChI is InChI=1S/C16H15Cl2NO4S/c1-10-8-11(17)4-7-15(10)23-16(20)13-9-12(5-6-14(13)18)24(21,22)19(2)3/h4-9H,1-3H3. The van der Waals surface area contributed by atoms with Gasteiger partial charge in [-0.05, 0) is 48.9 Å². The number of halogens is 2. The summed E-state index contributed by atoms with van der Waals surface area (Å²) >= 11 is 11.9. The Balaban J connectivity index is 2.39. The van der Waals surface area contributed by atoms with E-state index in [1.165, 1.54) is 32.3 Å². The van der Waals surface area contributed by atoms with Gasteiger partial charge in [0.15, 0.2) is 0 Å². The molecule has 0 aromatic heterocycles. The first-order valence-electron chi connectivity index (χ1n) is 6.83. The quantitative estimate of drug-likeness (QED) is 0.591. The van der Waals surface area contributed by atoms with Gasteiger partial charge in [0.25, 0.3) is 0 Å². The molecule has 24 heavy (non-hydrogen) atoms. The number of rotatable bonds is 4. The number of sulfonamides is 1. The van der Waals surface area contributed by atoms with Gasteiger partial charge in [-0.1, -0.05) is 23.2 Å². The van der Waals surface area contributed by atoms with Crippen LogP contribution in [0.15, 0.2) is 41.3 Å². The zero-order valence-electron chi connectivity index (χ0n) is 13.2. The van der Waals surface area contributed by atoms with Crippen LogP contribution in [0.3, 0.4) is 0 Å². The predicted octanol–water partition coefficient (Wildman–Crippen LogP) is 3.77. The van der Waals surface area contributed by atoms with E-state index < -0.39 is 16.0 Å². The maximum Gasteiger partial charge on any atom is 0.345 e. The Morgan fingerprint density at radius 3 is 2.33 bits per heavy atom. The molecule has 8 heteroatoms. The summed E-state index contributed by atoms with van der Waals surface area (Å²) in [5.74, 6) is -0.428. The van der Waals surface area contributed by atoms with Gasteiger partial charge in [0, 0.05) is 19.1 Å². The van der Waals surface area contributed by atoms with Gasteiger partial charge in [-0.3, -0.25) is 0 Å². The molecule has 2 aromatic carbocycles. The summed E-state index contributed by atoms with van der Waals surface area (Å²) < 4.78 is 30.7. The fraction of sp³-hybridized carbons (Fsp3) is 0.188. The van der Waals surface area contributed by atoms with Crippen LogP contribution in [-0.4, -0.2) is 32.8 Å². The zero-order chi connectivity index (χ0) is 18.1. The van der Waals surface area contributed by atoms with Crippen LogP contribution < -0.4 is 4.74 Å². The van der Waals surface area contributed by atoms with Crippen LogP contribution in [-0.2, 0) is 10.0 Å². The predicted molar refractivity (Wildman–Crippen MR) is 93.5 cm³/mol. The van der Waals surface area contributed by atoms with E-state index >= 15 is 0 Å². The van der Waals surface area contributed by atoms with Crippen molar-refractivity contribution < 1.29 is 17.9 Å². The van der Waals surface area contributed by atoms with Crippen LogP contribution in [0.4, 0.5) is 0 Å². The Morgan fingerprint density at radius 2 is 1.75 bits per heavy atom. The highest BCUT2D eigenvalue weighted by Crippen LogP contribution is 2.26. The lowest BCUT2D eigenvalue weighted by Crippen LogP contribution is -2.22. The van der Waals surface area contributed by atoms with E-state index in [0.29, 0.717) is 16.3 Å². The van der Waals surface area contributed by atoms with Crippen molar-refractivity contribution in [3.63, 3.8) is 0 Å². The van der Waals surface area contributed by atoms with E-state index in [2.05, 4.69) is 0 Å². The average molecular weight is 388 g/mol. The molecule has 0 fully saturated rings. The zero-order valence-corrected chi connectivity index (χ0v) is 15.5. The molecule has 0 saturated carbocycles. The van der Waals surface area contributed by atoms with Crippen LogP contribution >= 0.6 is 23.2 Å². The highest BCUT2D eigenvalue weighted by atomic mass is 35.5. The summed E-state index contributed by atoms with van der Waals surface area (Å²) in [6.45, 7) is 1.74. The normalized spacial score (nSPS) is 11.6. The van der Waals surface area contributed by atoms with Crippen molar-refractivity contribution in [2.24, 2.45) is 0 Å². The van der Waals surface area contributed by atoms with Gasteiger partial charge < -0.3 is 4.74 Å². The summed E-state index contributed by atoms with van der Waals surface area (Å²) in [4.78, 5) is 12.3. The van der Waals surface area contributed by atoms with Gasteiger partial charge in [0.1, 0.15) is 5.75 Å². The number of hydrogen-bond acceptors (Lipinski definition) is 4. The Kier molecular flexibility index (Phi) is 5.55. The van der Waals surface area contributed by atoms with Crippen molar-refractivity contribution in [1.82, 2.24) is 4.31 Å². The molecule has 0 saturated heterocycles. The fourth-order valence-corrected chi connectivity index (χ4v) is 3.26. The lowest BCUT2D eigenvalue weighted by molar-refractivity contribution is 0.0733. The Labute approximate surface area is 150 Å². The molecule has 0 atom stereocenters. The molecule has 0 aliphatic heterocycles. The minimum Gasteiger partial charge on any atom is -0.423 e. The lowest BCUT2D eigenvalue weighted by atomic mass is 10.2. The van der Waals surface area contributed by atoms with Gasteiger partial charge in [-0.15, -0.1) is 0 Å². The van der Waals surface area contributed by atoms with Gasteiger partial charge in [-0.25, -0.2) is 17.5 Å². The molecule has 0 amide bonds. The molecule has 2 rings (SSSR count). The van der Waals surface area contributed by atoms with Gasteiger partial charge in [0.2, 0.25) is 10.0 Å². The summed E-state index contributed by atoms with van der Waals surface area (Å²) in [5, 5.41) is 0.619. The molecule has 0 spiro atoms. The van der Waals surface area contributed by atoms with Crippen LogP contribution in [0.5, 0.6) is 5.75 Å². The minimum absolute atomic E-state index is 0.0334. The van der Waals surface area contributed by atoms with Crippen molar-refractivity contribution in [3.8, 4) is 5.75 Å². The van der Waals surface area contributed by atoms with Crippen LogP contribution in [0.25, 0.3) is 0 Å². The molecule has 0 aliphatic carbocycles.